The molecule has 0 aromatic heterocycles. The average Bonchev–Trinajstić information content (AvgIpc) is 2.95. The van der Waals surface area contributed by atoms with E-state index in [2.05, 4.69) is 11.8 Å². The van der Waals surface area contributed by atoms with E-state index in [1.165, 1.54) is 0 Å². The molecule has 1 unspecified atom stereocenters. The zero-order valence-corrected chi connectivity index (χ0v) is 12.1. The van der Waals surface area contributed by atoms with Crippen LogP contribution in [0.1, 0.15) is 22.3 Å². The maximum absolute atomic E-state index is 12.3. The third kappa shape index (κ3) is 3.54. The molecule has 0 aliphatic carbocycles. The number of amides is 2. The third-order valence-corrected chi connectivity index (χ3v) is 3.71. The largest absolute Gasteiger partial charge is 0.384 e. The number of rotatable bonds is 2. The van der Waals surface area contributed by atoms with Crippen molar-refractivity contribution in [1.29, 1.82) is 0 Å². The van der Waals surface area contributed by atoms with Gasteiger partial charge in [-0.2, -0.15) is 0 Å². The molecule has 1 aliphatic rings. The minimum absolute atomic E-state index is 0.178. The molecule has 2 amide bonds. The number of carbonyl (C=O) groups is 2. The number of carbonyl (C=O) groups excluding carboxylic acids is 2. The zero-order valence-electron chi connectivity index (χ0n) is 11.3. The van der Waals surface area contributed by atoms with Crippen molar-refractivity contribution in [2.45, 2.75) is 6.42 Å². The molecule has 1 saturated heterocycles. The van der Waals surface area contributed by atoms with Gasteiger partial charge in [0, 0.05) is 24.2 Å². The SMILES string of the molecule is NC(=O)C1CCN(C(=O)c2ccc(C#CCO)c(Cl)c2)C1. The second kappa shape index (κ2) is 6.61. The Balaban J connectivity index is 2.14. The Morgan fingerprint density at radius 1 is 1.48 bits per heavy atom. The summed E-state index contributed by atoms with van der Waals surface area (Å²) in [6.07, 6.45) is 0.592. The molecule has 110 valence electrons. The number of nitrogens with zero attached hydrogens (tertiary/aromatic N) is 1. The number of primary amides is 1. The van der Waals surface area contributed by atoms with Gasteiger partial charge in [-0.15, -0.1) is 0 Å². The number of aliphatic hydroxyl groups is 1. The van der Waals surface area contributed by atoms with Crippen molar-refractivity contribution in [2.24, 2.45) is 11.7 Å². The maximum atomic E-state index is 12.3. The molecule has 2 rings (SSSR count). The quantitative estimate of drug-likeness (QED) is 0.786. The Labute approximate surface area is 127 Å². The number of nitrogens with two attached hydrogens (primary N) is 1. The molecule has 1 aromatic rings. The van der Waals surface area contributed by atoms with Gasteiger partial charge >= 0.3 is 0 Å². The molecular weight excluding hydrogens is 292 g/mol. The van der Waals surface area contributed by atoms with Crippen molar-refractivity contribution < 1.29 is 14.7 Å². The lowest BCUT2D eigenvalue weighted by atomic mass is 10.1. The topological polar surface area (TPSA) is 83.6 Å². The molecule has 0 radical (unpaired) electrons. The summed E-state index contributed by atoms with van der Waals surface area (Å²) >= 11 is 6.07. The van der Waals surface area contributed by atoms with Crippen LogP contribution in [0.2, 0.25) is 5.02 Å². The molecule has 1 heterocycles. The fraction of sp³-hybridized carbons (Fsp3) is 0.333. The summed E-state index contributed by atoms with van der Waals surface area (Å²) in [6.45, 7) is 0.604. The van der Waals surface area contributed by atoms with Crippen LogP contribution in [0.5, 0.6) is 0 Å². The minimum Gasteiger partial charge on any atom is -0.384 e. The number of halogens is 1. The fourth-order valence-electron chi connectivity index (χ4n) is 2.24. The van der Waals surface area contributed by atoms with Gasteiger partial charge in [0.25, 0.3) is 5.91 Å². The molecule has 1 fully saturated rings. The Bertz CT molecular complexity index is 634. The number of aliphatic hydroxyl groups excluding tert-OH is 1. The zero-order chi connectivity index (χ0) is 15.4. The molecule has 0 spiro atoms. The normalized spacial score (nSPS) is 17.2. The van der Waals surface area contributed by atoms with Crippen LogP contribution < -0.4 is 5.73 Å². The van der Waals surface area contributed by atoms with Crippen molar-refractivity contribution in [3.05, 3.63) is 34.3 Å². The first-order chi connectivity index (χ1) is 10.0. The van der Waals surface area contributed by atoms with Crippen LogP contribution in [0.25, 0.3) is 0 Å². The first-order valence-electron chi connectivity index (χ1n) is 6.50. The summed E-state index contributed by atoms with van der Waals surface area (Å²) in [6, 6.07) is 4.82. The van der Waals surface area contributed by atoms with Gasteiger partial charge in [-0.25, -0.2) is 0 Å². The van der Waals surface area contributed by atoms with Crippen LogP contribution in [0, 0.1) is 17.8 Å². The molecule has 1 aliphatic heterocycles. The van der Waals surface area contributed by atoms with E-state index in [0.717, 1.165) is 0 Å². The summed E-state index contributed by atoms with van der Waals surface area (Å²) in [7, 11) is 0. The molecule has 0 bridgehead atoms. The molecule has 1 aromatic carbocycles. The van der Waals surface area contributed by atoms with Crippen molar-refractivity contribution in [2.75, 3.05) is 19.7 Å². The van der Waals surface area contributed by atoms with E-state index in [1.807, 2.05) is 0 Å². The van der Waals surface area contributed by atoms with E-state index in [4.69, 9.17) is 22.4 Å². The molecular formula is C15H15ClN2O3. The van der Waals surface area contributed by atoms with Gasteiger partial charge in [-0.1, -0.05) is 23.4 Å². The van der Waals surface area contributed by atoms with Gasteiger partial charge in [0.05, 0.1) is 10.9 Å². The second-order valence-electron chi connectivity index (χ2n) is 4.79. The van der Waals surface area contributed by atoms with Crippen molar-refractivity contribution in [3.8, 4) is 11.8 Å². The van der Waals surface area contributed by atoms with Crippen LogP contribution in [0.4, 0.5) is 0 Å². The highest BCUT2D eigenvalue weighted by molar-refractivity contribution is 6.32. The van der Waals surface area contributed by atoms with Crippen molar-refractivity contribution in [1.82, 2.24) is 4.90 Å². The number of hydrogen-bond donors (Lipinski definition) is 2. The van der Waals surface area contributed by atoms with Gasteiger partial charge in [-0.05, 0) is 24.6 Å². The monoisotopic (exact) mass is 306 g/mol. The molecule has 6 heteroatoms. The molecule has 1 atom stereocenters. The van der Waals surface area contributed by atoms with E-state index in [-0.39, 0.29) is 24.3 Å². The highest BCUT2D eigenvalue weighted by atomic mass is 35.5. The minimum atomic E-state index is -0.377. The number of hydrogen-bond acceptors (Lipinski definition) is 3. The van der Waals surface area contributed by atoms with Crippen molar-refractivity contribution >= 4 is 23.4 Å². The Morgan fingerprint density at radius 3 is 2.81 bits per heavy atom. The van der Waals surface area contributed by atoms with Gasteiger partial charge < -0.3 is 15.7 Å². The lowest BCUT2D eigenvalue weighted by molar-refractivity contribution is -0.121. The second-order valence-corrected chi connectivity index (χ2v) is 5.20. The molecule has 21 heavy (non-hydrogen) atoms. The summed E-state index contributed by atoms with van der Waals surface area (Å²) in [4.78, 5) is 25.1. The summed E-state index contributed by atoms with van der Waals surface area (Å²) in [5.74, 6) is 4.37. The maximum Gasteiger partial charge on any atom is 0.253 e. The molecule has 0 saturated carbocycles. The summed E-state index contributed by atoms with van der Waals surface area (Å²) < 4.78 is 0. The third-order valence-electron chi connectivity index (χ3n) is 3.40. The predicted molar refractivity (Wildman–Crippen MR) is 78.6 cm³/mol. The van der Waals surface area contributed by atoms with E-state index in [1.54, 1.807) is 23.1 Å². The highest BCUT2D eigenvalue weighted by Crippen LogP contribution is 2.22. The van der Waals surface area contributed by atoms with E-state index in [0.29, 0.717) is 35.7 Å². The Morgan fingerprint density at radius 2 is 2.24 bits per heavy atom. The smallest absolute Gasteiger partial charge is 0.253 e. The Hall–Kier alpha value is -2.03. The average molecular weight is 307 g/mol. The first kappa shape index (κ1) is 15.4. The van der Waals surface area contributed by atoms with Gasteiger partial charge in [-0.3, -0.25) is 9.59 Å². The van der Waals surface area contributed by atoms with Crippen LogP contribution in [-0.4, -0.2) is 41.5 Å². The van der Waals surface area contributed by atoms with E-state index in [9.17, 15) is 9.59 Å². The molecule has 5 nitrogen and oxygen atoms in total. The van der Waals surface area contributed by atoms with E-state index >= 15 is 0 Å². The first-order valence-corrected chi connectivity index (χ1v) is 6.88. The van der Waals surface area contributed by atoms with E-state index < -0.39 is 0 Å². The lowest BCUT2D eigenvalue weighted by Crippen LogP contribution is -2.31. The van der Waals surface area contributed by atoms with Gasteiger partial charge in [0.2, 0.25) is 5.91 Å². The highest BCUT2D eigenvalue weighted by Gasteiger charge is 2.30. The summed E-state index contributed by atoms with van der Waals surface area (Å²) in [5, 5.41) is 9.01. The standard InChI is InChI=1S/C15H15ClN2O3/c16-13-8-11(4-3-10(13)2-1-7-19)15(21)18-6-5-12(9-18)14(17)20/h3-4,8,12,19H,5-7,9H2,(H2,17,20). The van der Waals surface area contributed by atoms with Crippen LogP contribution in [-0.2, 0) is 4.79 Å². The predicted octanol–water partition coefficient (Wildman–Crippen LogP) is 0.631. The lowest BCUT2D eigenvalue weighted by Gasteiger charge is -2.16. The summed E-state index contributed by atoms with van der Waals surface area (Å²) in [5.41, 5.74) is 6.25. The number of benzene rings is 1. The Kier molecular flexibility index (Phi) is 4.84. The van der Waals surface area contributed by atoms with Crippen LogP contribution >= 0.6 is 11.6 Å². The van der Waals surface area contributed by atoms with Crippen LogP contribution in [0.3, 0.4) is 0 Å². The van der Waals surface area contributed by atoms with Crippen molar-refractivity contribution in [3.63, 3.8) is 0 Å². The van der Waals surface area contributed by atoms with Gasteiger partial charge in [0.15, 0.2) is 0 Å². The van der Waals surface area contributed by atoms with Crippen LogP contribution in [0.15, 0.2) is 18.2 Å². The van der Waals surface area contributed by atoms with Gasteiger partial charge in [0.1, 0.15) is 6.61 Å². The number of likely N-dealkylation sites (tertiary alicyclic amines) is 1. The molecule has 3 N–H and O–H groups in total. The fourth-order valence-corrected chi connectivity index (χ4v) is 2.47.